The summed E-state index contributed by atoms with van der Waals surface area (Å²) < 4.78 is 0. The van der Waals surface area contributed by atoms with Crippen molar-refractivity contribution >= 4 is 0 Å². The minimum Gasteiger partial charge on any atom is -0.377 e. The molecule has 0 aromatic rings. The third-order valence-electron chi connectivity index (χ3n) is 0.241. The SMILES string of the molecule is NCC(N)O.[Co]. The van der Waals surface area contributed by atoms with E-state index in [1.165, 1.54) is 0 Å². The maximum atomic E-state index is 8.01. The zero-order valence-electron chi connectivity index (χ0n) is 3.22. The Labute approximate surface area is 46.9 Å². The molecule has 0 bridgehead atoms. The fourth-order valence-electron chi connectivity index (χ4n) is 0. The first kappa shape index (κ1) is 9.63. The van der Waals surface area contributed by atoms with E-state index in [9.17, 15) is 0 Å². The summed E-state index contributed by atoms with van der Waals surface area (Å²) in [7, 11) is 0. The Balaban J connectivity index is 0. The van der Waals surface area contributed by atoms with Gasteiger partial charge in [0.2, 0.25) is 0 Å². The Morgan fingerprint density at radius 3 is 1.83 bits per heavy atom. The summed E-state index contributed by atoms with van der Waals surface area (Å²) >= 11 is 0. The second kappa shape index (κ2) is 5.39. The van der Waals surface area contributed by atoms with Crippen LogP contribution in [-0.2, 0) is 16.8 Å². The van der Waals surface area contributed by atoms with Crippen LogP contribution in [0, 0.1) is 0 Å². The summed E-state index contributed by atoms with van der Waals surface area (Å²) in [6.45, 7) is 0.139. The molecule has 0 aliphatic rings. The predicted molar refractivity (Wildman–Crippen MR) is 19.2 cm³/mol. The van der Waals surface area contributed by atoms with Crippen molar-refractivity contribution in [1.82, 2.24) is 0 Å². The van der Waals surface area contributed by atoms with E-state index in [1.807, 2.05) is 0 Å². The van der Waals surface area contributed by atoms with Gasteiger partial charge < -0.3 is 16.6 Å². The maximum absolute atomic E-state index is 8.01. The average Bonchev–Trinajstić information content (AvgIpc) is 1.38. The molecule has 1 unspecified atom stereocenters. The summed E-state index contributed by atoms with van der Waals surface area (Å²) in [5.74, 6) is 0. The van der Waals surface area contributed by atoms with Crippen LogP contribution in [0.3, 0.4) is 0 Å². The Morgan fingerprint density at radius 1 is 1.67 bits per heavy atom. The van der Waals surface area contributed by atoms with Gasteiger partial charge in [0, 0.05) is 23.3 Å². The second-order valence-corrected chi connectivity index (χ2v) is 0.803. The van der Waals surface area contributed by atoms with E-state index >= 15 is 0 Å². The van der Waals surface area contributed by atoms with E-state index in [2.05, 4.69) is 0 Å². The van der Waals surface area contributed by atoms with Crippen LogP contribution in [0.15, 0.2) is 0 Å². The molecule has 0 spiro atoms. The quantitative estimate of drug-likeness (QED) is 0.372. The summed E-state index contributed by atoms with van der Waals surface area (Å²) in [5.41, 5.74) is 9.52. The number of aliphatic hydroxyl groups excluding tert-OH is 1. The molecule has 0 amide bonds. The number of aliphatic hydroxyl groups is 1. The van der Waals surface area contributed by atoms with Crippen molar-refractivity contribution in [3.05, 3.63) is 0 Å². The molecule has 0 aromatic carbocycles. The van der Waals surface area contributed by atoms with Gasteiger partial charge in [-0.05, 0) is 0 Å². The summed E-state index contributed by atoms with van der Waals surface area (Å²) in [6, 6.07) is 0. The van der Waals surface area contributed by atoms with Crippen molar-refractivity contribution in [3.8, 4) is 0 Å². The standard InChI is InChI=1S/C2H8N2O.Co/c3-1-2(4)5;/h2,5H,1,3-4H2;. The molecule has 6 heavy (non-hydrogen) atoms. The van der Waals surface area contributed by atoms with E-state index < -0.39 is 6.23 Å². The van der Waals surface area contributed by atoms with Gasteiger partial charge in [-0.2, -0.15) is 0 Å². The largest absolute Gasteiger partial charge is 0.377 e. The Morgan fingerprint density at radius 2 is 1.83 bits per heavy atom. The molecule has 1 radical (unpaired) electrons. The Hall–Kier alpha value is 0.386. The minimum absolute atomic E-state index is 0. The van der Waals surface area contributed by atoms with Crippen molar-refractivity contribution in [2.75, 3.05) is 6.54 Å². The van der Waals surface area contributed by atoms with Crippen LogP contribution in [0.5, 0.6) is 0 Å². The third kappa shape index (κ3) is 8.83. The number of hydrogen-bond donors (Lipinski definition) is 3. The molecule has 0 heterocycles. The smallest absolute Gasteiger partial charge is 0.114 e. The number of rotatable bonds is 1. The van der Waals surface area contributed by atoms with E-state index in [1.54, 1.807) is 0 Å². The first-order valence-electron chi connectivity index (χ1n) is 1.41. The molecule has 0 saturated carbocycles. The van der Waals surface area contributed by atoms with Gasteiger partial charge in [-0.25, -0.2) is 0 Å². The number of nitrogens with two attached hydrogens (primary N) is 2. The number of hydrogen-bond acceptors (Lipinski definition) is 3. The maximum Gasteiger partial charge on any atom is 0.114 e. The van der Waals surface area contributed by atoms with Crippen LogP contribution in [0.25, 0.3) is 0 Å². The van der Waals surface area contributed by atoms with E-state index in [-0.39, 0.29) is 23.3 Å². The van der Waals surface area contributed by atoms with Gasteiger partial charge >= 0.3 is 0 Å². The van der Waals surface area contributed by atoms with Gasteiger partial charge in [-0.15, -0.1) is 0 Å². The van der Waals surface area contributed by atoms with Crippen LogP contribution in [0.2, 0.25) is 0 Å². The predicted octanol–water partition coefficient (Wildman–Crippen LogP) is -1.78. The summed E-state index contributed by atoms with van der Waals surface area (Å²) in [4.78, 5) is 0. The molecule has 0 saturated heterocycles. The zero-order chi connectivity index (χ0) is 4.28. The average molecular weight is 135 g/mol. The van der Waals surface area contributed by atoms with Crippen molar-refractivity contribution in [2.24, 2.45) is 11.5 Å². The van der Waals surface area contributed by atoms with Crippen LogP contribution >= 0.6 is 0 Å². The van der Waals surface area contributed by atoms with Crippen LogP contribution in [0.1, 0.15) is 0 Å². The van der Waals surface area contributed by atoms with Crippen LogP contribution in [-0.4, -0.2) is 17.9 Å². The molecule has 0 rings (SSSR count). The third-order valence-corrected chi connectivity index (χ3v) is 0.241. The Kier molecular flexibility index (Phi) is 8.65. The van der Waals surface area contributed by atoms with Crippen molar-refractivity contribution in [1.29, 1.82) is 0 Å². The molecule has 5 N–H and O–H groups in total. The summed E-state index contributed by atoms with van der Waals surface area (Å²) in [6.07, 6.45) is -0.838. The van der Waals surface area contributed by atoms with Crippen LogP contribution < -0.4 is 11.5 Å². The Bertz CT molecular complexity index is 25.5. The monoisotopic (exact) mass is 135 g/mol. The minimum atomic E-state index is -0.838. The van der Waals surface area contributed by atoms with Gasteiger partial charge in [0.05, 0.1) is 0 Å². The normalized spacial score (nSPS) is 12.5. The molecule has 41 valence electrons. The molecular formula is C2H8CoN2O. The first-order chi connectivity index (χ1) is 2.27. The van der Waals surface area contributed by atoms with E-state index in [0.717, 1.165) is 0 Å². The van der Waals surface area contributed by atoms with E-state index in [0.29, 0.717) is 0 Å². The van der Waals surface area contributed by atoms with Gasteiger partial charge in [0.25, 0.3) is 0 Å². The van der Waals surface area contributed by atoms with E-state index in [4.69, 9.17) is 16.6 Å². The molecule has 0 aliphatic heterocycles. The topological polar surface area (TPSA) is 72.3 Å². The molecule has 4 heteroatoms. The summed E-state index contributed by atoms with van der Waals surface area (Å²) in [5, 5.41) is 8.01. The van der Waals surface area contributed by atoms with Crippen molar-refractivity contribution in [2.45, 2.75) is 6.23 Å². The molecule has 0 fully saturated rings. The molecule has 0 aliphatic carbocycles. The van der Waals surface area contributed by atoms with Gasteiger partial charge in [-0.3, -0.25) is 0 Å². The second-order valence-electron chi connectivity index (χ2n) is 0.803. The molecular weight excluding hydrogens is 127 g/mol. The van der Waals surface area contributed by atoms with Crippen LogP contribution in [0.4, 0.5) is 0 Å². The molecule has 0 aromatic heterocycles. The zero-order valence-corrected chi connectivity index (χ0v) is 4.26. The van der Waals surface area contributed by atoms with Crippen molar-refractivity contribution in [3.63, 3.8) is 0 Å². The fourth-order valence-corrected chi connectivity index (χ4v) is 0. The van der Waals surface area contributed by atoms with Gasteiger partial charge in [0.1, 0.15) is 6.23 Å². The first-order valence-corrected chi connectivity index (χ1v) is 1.41. The van der Waals surface area contributed by atoms with Gasteiger partial charge in [-0.1, -0.05) is 0 Å². The van der Waals surface area contributed by atoms with Gasteiger partial charge in [0.15, 0.2) is 0 Å². The van der Waals surface area contributed by atoms with Crippen molar-refractivity contribution < 1.29 is 21.9 Å². The molecule has 1 atom stereocenters. The molecule has 3 nitrogen and oxygen atoms in total. The fraction of sp³-hybridized carbons (Fsp3) is 1.00.